The van der Waals surface area contributed by atoms with Crippen LogP contribution in [0.15, 0.2) is 48.5 Å². The van der Waals surface area contributed by atoms with Gasteiger partial charge in [0.25, 0.3) is 5.91 Å². The average Bonchev–Trinajstić information content (AvgIpc) is 2.49. The first-order valence-corrected chi connectivity index (χ1v) is 7.43. The molecule has 1 unspecified atom stereocenters. The second-order valence-corrected chi connectivity index (χ2v) is 5.55. The van der Waals surface area contributed by atoms with Crippen LogP contribution in [0.2, 0.25) is 0 Å². The third-order valence-corrected chi connectivity index (χ3v) is 4.12. The number of nitrogens with two attached hydrogens (primary N) is 1. The van der Waals surface area contributed by atoms with Gasteiger partial charge in [0.05, 0.1) is 0 Å². The van der Waals surface area contributed by atoms with Crippen molar-refractivity contribution in [3.63, 3.8) is 0 Å². The van der Waals surface area contributed by atoms with Gasteiger partial charge in [-0.25, -0.2) is 0 Å². The first kappa shape index (κ1) is 13.8. The monoisotopic (exact) mass is 280 g/mol. The summed E-state index contributed by atoms with van der Waals surface area (Å²) in [6.45, 7) is 1.34. The lowest BCUT2D eigenvalue weighted by Gasteiger charge is -2.30. The number of benzene rings is 2. The van der Waals surface area contributed by atoms with Crippen LogP contribution in [-0.2, 0) is 12.8 Å². The van der Waals surface area contributed by atoms with Gasteiger partial charge in [-0.2, -0.15) is 0 Å². The topological polar surface area (TPSA) is 55.1 Å². The lowest BCUT2D eigenvalue weighted by molar-refractivity contribution is 0.0950. The molecule has 0 saturated carbocycles. The number of fused-ring (bicyclic) bond motifs is 1. The van der Waals surface area contributed by atoms with Crippen LogP contribution in [0.25, 0.3) is 0 Å². The van der Waals surface area contributed by atoms with Crippen LogP contribution in [0, 0.1) is 0 Å². The predicted molar refractivity (Wildman–Crippen MR) is 84.4 cm³/mol. The third kappa shape index (κ3) is 2.98. The molecule has 0 bridgehead atoms. The Balaban J connectivity index is 1.55. The molecule has 0 aromatic heterocycles. The van der Waals surface area contributed by atoms with Gasteiger partial charge in [0.2, 0.25) is 0 Å². The van der Waals surface area contributed by atoms with Crippen molar-refractivity contribution in [1.29, 1.82) is 0 Å². The predicted octanol–water partition coefficient (Wildman–Crippen LogP) is 2.26. The van der Waals surface area contributed by atoms with Gasteiger partial charge in [0.15, 0.2) is 0 Å². The van der Waals surface area contributed by atoms with Gasteiger partial charge < -0.3 is 11.1 Å². The SMILES string of the molecule is NCCc1ccc(C(=O)NCC2Cc3ccccc32)cc1. The molecule has 0 saturated heterocycles. The second-order valence-electron chi connectivity index (χ2n) is 5.55. The van der Waals surface area contributed by atoms with Crippen molar-refractivity contribution in [2.75, 3.05) is 13.1 Å². The van der Waals surface area contributed by atoms with Gasteiger partial charge in [0, 0.05) is 18.0 Å². The van der Waals surface area contributed by atoms with Gasteiger partial charge in [0.1, 0.15) is 0 Å². The maximum absolute atomic E-state index is 12.1. The zero-order valence-corrected chi connectivity index (χ0v) is 12.0. The van der Waals surface area contributed by atoms with E-state index in [1.165, 1.54) is 16.7 Å². The summed E-state index contributed by atoms with van der Waals surface area (Å²) in [6, 6.07) is 16.1. The van der Waals surface area contributed by atoms with E-state index in [4.69, 9.17) is 5.73 Å². The molecule has 2 aromatic rings. The highest BCUT2D eigenvalue weighted by molar-refractivity contribution is 5.94. The molecule has 108 valence electrons. The minimum atomic E-state index is -0.00122. The van der Waals surface area contributed by atoms with Crippen molar-refractivity contribution in [1.82, 2.24) is 5.32 Å². The highest BCUT2D eigenvalue weighted by Crippen LogP contribution is 2.33. The van der Waals surface area contributed by atoms with Crippen LogP contribution in [0.4, 0.5) is 0 Å². The Morgan fingerprint density at radius 3 is 2.62 bits per heavy atom. The number of carbonyl (C=O) groups is 1. The van der Waals surface area contributed by atoms with Crippen molar-refractivity contribution in [2.24, 2.45) is 5.73 Å². The molecule has 3 nitrogen and oxygen atoms in total. The summed E-state index contributed by atoms with van der Waals surface area (Å²) in [4.78, 5) is 12.1. The Labute approximate surface area is 125 Å². The molecule has 1 aliphatic carbocycles. The van der Waals surface area contributed by atoms with E-state index >= 15 is 0 Å². The summed E-state index contributed by atoms with van der Waals surface area (Å²) in [6.07, 6.45) is 1.91. The molecule has 1 amide bonds. The molecule has 21 heavy (non-hydrogen) atoms. The quantitative estimate of drug-likeness (QED) is 0.882. The smallest absolute Gasteiger partial charge is 0.251 e. The van der Waals surface area contributed by atoms with Gasteiger partial charge in [-0.1, -0.05) is 36.4 Å². The molecule has 0 spiro atoms. The van der Waals surface area contributed by atoms with E-state index in [0.717, 1.165) is 12.8 Å². The summed E-state index contributed by atoms with van der Waals surface area (Å²) in [7, 11) is 0. The molecular weight excluding hydrogens is 260 g/mol. The van der Waals surface area contributed by atoms with E-state index in [1.54, 1.807) is 0 Å². The minimum absolute atomic E-state index is 0.00122. The van der Waals surface area contributed by atoms with E-state index in [0.29, 0.717) is 24.6 Å². The molecule has 0 aliphatic heterocycles. The molecule has 0 fully saturated rings. The van der Waals surface area contributed by atoms with Crippen molar-refractivity contribution < 1.29 is 4.79 Å². The Morgan fingerprint density at radius 1 is 1.14 bits per heavy atom. The van der Waals surface area contributed by atoms with Crippen molar-refractivity contribution in [3.8, 4) is 0 Å². The number of nitrogens with one attached hydrogen (secondary N) is 1. The maximum Gasteiger partial charge on any atom is 0.251 e. The van der Waals surface area contributed by atoms with Crippen molar-refractivity contribution >= 4 is 5.91 Å². The van der Waals surface area contributed by atoms with Gasteiger partial charge in [-0.3, -0.25) is 4.79 Å². The van der Waals surface area contributed by atoms with Crippen molar-refractivity contribution in [3.05, 3.63) is 70.8 Å². The van der Waals surface area contributed by atoms with Gasteiger partial charge in [-0.05, 0) is 48.2 Å². The Bertz CT molecular complexity index is 634. The zero-order chi connectivity index (χ0) is 14.7. The summed E-state index contributed by atoms with van der Waals surface area (Å²) in [5, 5.41) is 3.03. The molecule has 1 atom stereocenters. The molecule has 2 aromatic carbocycles. The van der Waals surface area contributed by atoms with Crippen LogP contribution in [0.1, 0.15) is 33.0 Å². The number of hydrogen-bond donors (Lipinski definition) is 2. The van der Waals surface area contributed by atoms with E-state index in [-0.39, 0.29) is 5.91 Å². The normalized spacial score (nSPS) is 16.0. The van der Waals surface area contributed by atoms with Gasteiger partial charge >= 0.3 is 0 Å². The number of hydrogen-bond acceptors (Lipinski definition) is 2. The molecule has 1 aliphatic rings. The van der Waals surface area contributed by atoms with Crippen molar-refractivity contribution in [2.45, 2.75) is 18.8 Å². The summed E-state index contributed by atoms with van der Waals surface area (Å²) >= 11 is 0. The first-order chi connectivity index (χ1) is 10.3. The fraction of sp³-hybridized carbons (Fsp3) is 0.278. The molecular formula is C18H20N2O. The van der Waals surface area contributed by atoms with Gasteiger partial charge in [-0.15, -0.1) is 0 Å². The standard InChI is InChI=1S/C18H20N2O/c19-10-9-13-5-7-14(8-6-13)18(21)20-12-16-11-15-3-1-2-4-17(15)16/h1-8,16H,9-12,19H2,(H,20,21). The summed E-state index contributed by atoms with van der Waals surface area (Å²) < 4.78 is 0. The Kier molecular flexibility index (Phi) is 4.02. The number of amides is 1. The second kappa shape index (κ2) is 6.10. The number of rotatable bonds is 5. The summed E-state index contributed by atoms with van der Waals surface area (Å²) in [5.74, 6) is 0.459. The lowest BCUT2D eigenvalue weighted by atomic mass is 9.77. The zero-order valence-electron chi connectivity index (χ0n) is 12.0. The van der Waals surface area contributed by atoms with E-state index in [1.807, 2.05) is 24.3 Å². The third-order valence-electron chi connectivity index (χ3n) is 4.12. The van der Waals surface area contributed by atoms with Crippen LogP contribution in [0.3, 0.4) is 0 Å². The molecule has 0 radical (unpaired) electrons. The minimum Gasteiger partial charge on any atom is -0.351 e. The van der Waals surface area contributed by atoms with E-state index in [2.05, 4.69) is 29.6 Å². The van der Waals surface area contributed by atoms with E-state index in [9.17, 15) is 4.79 Å². The Hall–Kier alpha value is -2.13. The van der Waals surface area contributed by atoms with Crippen LogP contribution >= 0.6 is 0 Å². The lowest BCUT2D eigenvalue weighted by Crippen LogP contribution is -2.33. The molecule has 3 heteroatoms. The molecule has 0 heterocycles. The fourth-order valence-electron chi connectivity index (χ4n) is 2.85. The van der Waals surface area contributed by atoms with Crippen LogP contribution < -0.4 is 11.1 Å². The fourth-order valence-corrected chi connectivity index (χ4v) is 2.85. The number of carbonyl (C=O) groups excluding carboxylic acids is 1. The highest BCUT2D eigenvalue weighted by Gasteiger charge is 2.25. The molecule has 3 N–H and O–H groups in total. The van der Waals surface area contributed by atoms with Crippen LogP contribution in [-0.4, -0.2) is 19.0 Å². The maximum atomic E-state index is 12.1. The van der Waals surface area contributed by atoms with E-state index < -0.39 is 0 Å². The molecule has 3 rings (SSSR count). The summed E-state index contributed by atoms with van der Waals surface area (Å²) in [5.41, 5.74) is 10.2. The van der Waals surface area contributed by atoms with Crippen LogP contribution in [0.5, 0.6) is 0 Å². The highest BCUT2D eigenvalue weighted by atomic mass is 16.1. The largest absolute Gasteiger partial charge is 0.351 e. The Morgan fingerprint density at radius 2 is 1.90 bits per heavy atom. The average molecular weight is 280 g/mol. The first-order valence-electron chi connectivity index (χ1n) is 7.43.